The number of allylic oxidation sites excluding steroid dienone is 1. The van der Waals surface area contributed by atoms with Crippen LogP contribution in [0.2, 0.25) is 0 Å². The van der Waals surface area contributed by atoms with E-state index in [2.05, 4.69) is 0 Å². The fourth-order valence-corrected chi connectivity index (χ4v) is 1.71. The van der Waals surface area contributed by atoms with Gasteiger partial charge in [0, 0.05) is 12.6 Å². The Bertz CT molecular complexity index is 492. The molecule has 96 valence electrons. The molecule has 0 bridgehead atoms. The molecule has 0 atom stereocenters. The van der Waals surface area contributed by atoms with Gasteiger partial charge < -0.3 is 10.0 Å². The van der Waals surface area contributed by atoms with E-state index in [1.165, 1.54) is 11.0 Å². The Morgan fingerprint density at radius 2 is 1.94 bits per heavy atom. The van der Waals surface area contributed by atoms with E-state index in [4.69, 9.17) is 5.11 Å². The number of hydrogen-bond donors (Lipinski definition) is 1. The lowest BCUT2D eigenvalue weighted by Gasteiger charge is -2.19. The molecule has 0 unspecified atom stereocenters. The van der Waals surface area contributed by atoms with Crippen molar-refractivity contribution < 1.29 is 14.7 Å². The lowest BCUT2D eigenvalue weighted by atomic mass is 10.1. The quantitative estimate of drug-likeness (QED) is 0.832. The van der Waals surface area contributed by atoms with Gasteiger partial charge >= 0.3 is 5.97 Å². The predicted octanol–water partition coefficient (Wildman–Crippen LogP) is 2.70. The number of carbonyl (C=O) groups excluding carboxylic acids is 1. The molecule has 0 saturated carbocycles. The minimum Gasteiger partial charge on any atom is -0.478 e. The molecule has 1 amide bonds. The van der Waals surface area contributed by atoms with Crippen molar-refractivity contribution in [2.24, 2.45) is 0 Å². The molecule has 0 aliphatic rings. The number of likely N-dealkylation sites (N-methyl/N-ethyl adjacent to an activating group) is 1. The summed E-state index contributed by atoms with van der Waals surface area (Å²) in [7, 11) is 1.58. The van der Waals surface area contributed by atoms with Crippen LogP contribution in [0.1, 0.15) is 30.6 Å². The third-order valence-corrected chi connectivity index (χ3v) is 2.65. The van der Waals surface area contributed by atoms with E-state index in [1.54, 1.807) is 32.2 Å². The summed E-state index contributed by atoms with van der Waals surface area (Å²) in [5, 5.41) is 9.09. The molecule has 0 saturated heterocycles. The number of amides is 1. The van der Waals surface area contributed by atoms with Crippen LogP contribution < -0.4 is 4.90 Å². The van der Waals surface area contributed by atoms with E-state index in [9.17, 15) is 9.59 Å². The van der Waals surface area contributed by atoms with Gasteiger partial charge in [0.25, 0.3) is 5.91 Å². The van der Waals surface area contributed by atoms with Crippen LogP contribution in [0, 0.1) is 0 Å². The number of hydrogen-bond acceptors (Lipinski definition) is 2. The van der Waals surface area contributed by atoms with Gasteiger partial charge in [-0.15, -0.1) is 0 Å². The Kier molecular flexibility index (Phi) is 4.66. The van der Waals surface area contributed by atoms with Gasteiger partial charge in [-0.3, -0.25) is 4.79 Å². The standard InChI is InChI=1S/C14H17NO3/c1-4-7-10(2)13(16)15(3)12-9-6-5-8-11(12)14(17)18/h5-9H,4H2,1-3H3,(H,17,18)/b10-7+. The first-order chi connectivity index (χ1) is 8.49. The highest BCUT2D eigenvalue weighted by Gasteiger charge is 2.18. The molecule has 0 spiro atoms. The van der Waals surface area contributed by atoms with Crippen LogP contribution in [0.5, 0.6) is 0 Å². The van der Waals surface area contributed by atoms with Crippen molar-refractivity contribution >= 4 is 17.6 Å². The number of benzene rings is 1. The molecule has 0 heterocycles. The van der Waals surface area contributed by atoms with Gasteiger partial charge in [0.15, 0.2) is 0 Å². The molecule has 18 heavy (non-hydrogen) atoms. The van der Waals surface area contributed by atoms with E-state index in [-0.39, 0.29) is 11.5 Å². The Balaban J connectivity index is 3.11. The molecule has 1 aromatic rings. The van der Waals surface area contributed by atoms with Crippen LogP contribution >= 0.6 is 0 Å². The van der Waals surface area contributed by atoms with Gasteiger partial charge in [-0.2, -0.15) is 0 Å². The smallest absolute Gasteiger partial charge is 0.337 e. The van der Waals surface area contributed by atoms with Gasteiger partial charge in [0.1, 0.15) is 0 Å². The molecule has 4 nitrogen and oxygen atoms in total. The lowest BCUT2D eigenvalue weighted by Crippen LogP contribution is -2.28. The molecule has 0 radical (unpaired) electrons. The van der Waals surface area contributed by atoms with Crippen LogP contribution in [0.15, 0.2) is 35.9 Å². The molecule has 0 aliphatic carbocycles. The normalized spacial score (nSPS) is 11.2. The van der Waals surface area contributed by atoms with Gasteiger partial charge in [0.05, 0.1) is 11.3 Å². The highest BCUT2D eigenvalue weighted by molar-refractivity contribution is 6.08. The van der Waals surface area contributed by atoms with Crippen LogP contribution in [0.3, 0.4) is 0 Å². The van der Waals surface area contributed by atoms with Gasteiger partial charge in [-0.25, -0.2) is 4.79 Å². The van der Waals surface area contributed by atoms with Crippen molar-refractivity contribution in [3.05, 3.63) is 41.5 Å². The summed E-state index contributed by atoms with van der Waals surface area (Å²) in [6.45, 7) is 3.67. The highest BCUT2D eigenvalue weighted by atomic mass is 16.4. The maximum absolute atomic E-state index is 12.1. The summed E-state index contributed by atoms with van der Waals surface area (Å²) in [6, 6.07) is 6.46. The number of nitrogens with zero attached hydrogens (tertiary/aromatic N) is 1. The molecular weight excluding hydrogens is 230 g/mol. The van der Waals surface area contributed by atoms with Crippen molar-refractivity contribution in [3.8, 4) is 0 Å². The van der Waals surface area contributed by atoms with E-state index >= 15 is 0 Å². The van der Waals surface area contributed by atoms with E-state index in [1.807, 2.05) is 13.0 Å². The number of anilines is 1. The van der Waals surface area contributed by atoms with E-state index in [0.29, 0.717) is 11.3 Å². The molecule has 1 aromatic carbocycles. The summed E-state index contributed by atoms with van der Waals surface area (Å²) in [4.78, 5) is 24.5. The van der Waals surface area contributed by atoms with Gasteiger partial charge in [0.2, 0.25) is 0 Å². The number of carboxylic acid groups (broad SMARTS) is 1. The van der Waals surface area contributed by atoms with Crippen molar-refractivity contribution in [3.63, 3.8) is 0 Å². The fourth-order valence-electron chi connectivity index (χ4n) is 1.71. The summed E-state index contributed by atoms with van der Waals surface area (Å²) in [5.74, 6) is -1.23. The number of rotatable bonds is 4. The largest absolute Gasteiger partial charge is 0.478 e. The highest BCUT2D eigenvalue weighted by Crippen LogP contribution is 2.20. The Morgan fingerprint density at radius 3 is 2.50 bits per heavy atom. The van der Waals surface area contributed by atoms with E-state index in [0.717, 1.165) is 6.42 Å². The summed E-state index contributed by atoms with van der Waals surface area (Å²) >= 11 is 0. The number of aromatic carboxylic acids is 1. The summed E-state index contributed by atoms with van der Waals surface area (Å²) in [5.41, 5.74) is 1.14. The zero-order valence-electron chi connectivity index (χ0n) is 10.8. The van der Waals surface area contributed by atoms with Crippen molar-refractivity contribution in [2.75, 3.05) is 11.9 Å². The second-order valence-corrected chi connectivity index (χ2v) is 3.98. The molecular formula is C14H17NO3. The molecule has 0 aliphatic heterocycles. The molecule has 1 N–H and O–H groups in total. The minimum atomic E-state index is -1.04. The van der Waals surface area contributed by atoms with Crippen LogP contribution in [0.4, 0.5) is 5.69 Å². The van der Waals surface area contributed by atoms with Crippen LogP contribution in [-0.4, -0.2) is 24.0 Å². The van der Waals surface area contributed by atoms with Gasteiger partial charge in [-0.05, 0) is 25.5 Å². The van der Waals surface area contributed by atoms with Crippen molar-refractivity contribution in [1.29, 1.82) is 0 Å². The third-order valence-electron chi connectivity index (χ3n) is 2.65. The van der Waals surface area contributed by atoms with E-state index < -0.39 is 5.97 Å². The first kappa shape index (κ1) is 14.0. The van der Waals surface area contributed by atoms with Crippen LogP contribution in [-0.2, 0) is 4.79 Å². The second-order valence-electron chi connectivity index (χ2n) is 3.98. The molecule has 4 heteroatoms. The number of carboxylic acids is 1. The van der Waals surface area contributed by atoms with Crippen molar-refractivity contribution in [1.82, 2.24) is 0 Å². The first-order valence-electron chi connectivity index (χ1n) is 5.76. The number of carbonyl (C=O) groups is 2. The average molecular weight is 247 g/mol. The maximum Gasteiger partial charge on any atom is 0.337 e. The average Bonchev–Trinajstić information content (AvgIpc) is 2.37. The monoisotopic (exact) mass is 247 g/mol. The molecule has 0 aromatic heterocycles. The lowest BCUT2D eigenvalue weighted by molar-refractivity contribution is -0.114. The molecule has 1 rings (SSSR count). The third kappa shape index (κ3) is 2.97. The SMILES string of the molecule is CC/C=C(\C)C(=O)N(C)c1ccccc1C(=O)O. The molecule has 0 fully saturated rings. The Hall–Kier alpha value is -2.10. The summed E-state index contributed by atoms with van der Waals surface area (Å²) in [6.07, 6.45) is 2.59. The Morgan fingerprint density at radius 1 is 1.33 bits per heavy atom. The zero-order chi connectivity index (χ0) is 13.7. The van der Waals surface area contributed by atoms with Crippen molar-refractivity contribution in [2.45, 2.75) is 20.3 Å². The minimum absolute atomic E-state index is 0.123. The van der Waals surface area contributed by atoms with Crippen LogP contribution in [0.25, 0.3) is 0 Å². The second kappa shape index (κ2) is 6.00. The first-order valence-corrected chi connectivity index (χ1v) is 5.76. The topological polar surface area (TPSA) is 57.6 Å². The Labute approximate surface area is 107 Å². The summed E-state index contributed by atoms with van der Waals surface area (Å²) < 4.78 is 0. The zero-order valence-corrected chi connectivity index (χ0v) is 10.8. The fraction of sp³-hybridized carbons (Fsp3) is 0.286. The number of para-hydroxylation sites is 1. The van der Waals surface area contributed by atoms with Gasteiger partial charge in [-0.1, -0.05) is 25.1 Å². The predicted molar refractivity (Wildman–Crippen MR) is 70.9 cm³/mol. The maximum atomic E-state index is 12.1.